The quantitative estimate of drug-likeness (QED) is 0.915. The maximum atomic E-state index is 5.96. The van der Waals surface area contributed by atoms with Crippen molar-refractivity contribution in [3.63, 3.8) is 0 Å². The van der Waals surface area contributed by atoms with Gasteiger partial charge in [-0.25, -0.2) is 0 Å². The number of aromatic nitrogens is 2. The second kappa shape index (κ2) is 6.25. The van der Waals surface area contributed by atoms with Crippen LogP contribution < -0.4 is 5.73 Å². The number of hydrogen-bond donors (Lipinski definition) is 1. The van der Waals surface area contributed by atoms with Crippen LogP contribution in [0.15, 0.2) is 33.3 Å². The standard InChI is InChI=1S/C15H18BrN3O2/c16-12-3-1-11(2-4-12)9-13-18-14(21-19-13)15(10-17)5-7-20-8-6-15/h1-4H,5-10,17H2. The number of halogens is 1. The smallest absolute Gasteiger partial charge is 0.234 e. The van der Waals surface area contributed by atoms with Gasteiger partial charge in [0.15, 0.2) is 5.82 Å². The average Bonchev–Trinajstić information content (AvgIpc) is 2.99. The van der Waals surface area contributed by atoms with E-state index >= 15 is 0 Å². The summed E-state index contributed by atoms with van der Waals surface area (Å²) in [6, 6.07) is 8.12. The van der Waals surface area contributed by atoms with Crippen LogP contribution in [0, 0.1) is 0 Å². The lowest BCUT2D eigenvalue weighted by Gasteiger charge is -2.32. The molecule has 2 N–H and O–H groups in total. The van der Waals surface area contributed by atoms with E-state index in [2.05, 4.69) is 26.1 Å². The van der Waals surface area contributed by atoms with Gasteiger partial charge in [0, 0.05) is 30.7 Å². The highest BCUT2D eigenvalue weighted by Crippen LogP contribution is 2.32. The van der Waals surface area contributed by atoms with Crippen LogP contribution in [0.4, 0.5) is 0 Å². The molecule has 0 atom stereocenters. The first-order valence-electron chi connectivity index (χ1n) is 7.07. The third kappa shape index (κ3) is 3.17. The molecule has 1 aromatic heterocycles. The van der Waals surface area contributed by atoms with Crippen LogP contribution in [0.25, 0.3) is 0 Å². The van der Waals surface area contributed by atoms with Gasteiger partial charge in [-0.15, -0.1) is 0 Å². The van der Waals surface area contributed by atoms with E-state index in [0.29, 0.717) is 37.9 Å². The number of ether oxygens (including phenoxy) is 1. The molecule has 0 unspecified atom stereocenters. The molecular formula is C15H18BrN3O2. The first-order chi connectivity index (χ1) is 10.2. The molecule has 0 bridgehead atoms. The lowest BCUT2D eigenvalue weighted by Crippen LogP contribution is -2.40. The van der Waals surface area contributed by atoms with Crippen molar-refractivity contribution < 1.29 is 9.26 Å². The fourth-order valence-electron chi connectivity index (χ4n) is 2.59. The van der Waals surface area contributed by atoms with Gasteiger partial charge in [-0.1, -0.05) is 33.2 Å². The largest absolute Gasteiger partial charge is 0.381 e. The number of nitrogens with zero attached hydrogens (tertiary/aromatic N) is 2. The molecular weight excluding hydrogens is 334 g/mol. The molecule has 6 heteroatoms. The zero-order valence-electron chi connectivity index (χ0n) is 11.7. The van der Waals surface area contributed by atoms with Gasteiger partial charge in [-0.05, 0) is 30.5 Å². The molecule has 5 nitrogen and oxygen atoms in total. The molecule has 1 fully saturated rings. The molecule has 1 aliphatic heterocycles. The highest BCUT2D eigenvalue weighted by atomic mass is 79.9. The maximum Gasteiger partial charge on any atom is 0.234 e. The minimum absolute atomic E-state index is 0.219. The van der Waals surface area contributed by atoms with Crippen molar-refractivity contribution in [3.05, 3.63) is 46.0 Å². The van der Waals surface area contributed by atoms with Crippen molar-refractivity contribution in [2.45, 2.75) is 24.7 Å². The van der Waals surface area contributed by atoms with Crippen molar-refractivity contribution in [1.82, 2.24) is 10.1 Å². The second-order valence-electron chi connectivity index (χ2n) is 5.42. The molecule has 0 aliphatic carbocycles. The van der Waals surface area contributed by atoms with Crippen molar-refractivity contribution in [2.75, 3.05) is 19.8 Å². The number of hydrogen-bond acceptors (Lipinski definition) is 5. The summed E-state index contributed by atoms with van der Waals surface area (Å²) in [5.74, 6) is 1.35. The predicted molar refractivity (Wildman–Crippen MR) is 82.0 cm³/mol. The predicted octanol–water partition coefficient (Wildman–Crippen LogP) is 2.43. The summed E-state index contributed by atoms with van der Waals surface area (Å²) >= 11 is 3.43. The Labute approximate surface area is 132 Å². The second-order valence-corrected chi connectivity index (χ2v) is 6.33. The minimum atomic E-state index is -0.219. The maximum absolute atomic E-state index is 5.96. The highest BCUT2D eigenvalue weighted by molar-refractivity contribution is 9.10. The van der Waals surface area contributed by atoms with Gasteiger partial charge in [0.05, 0.1) is 5.41 Å². The lowest BCUT2D eigenvalue weighted by atomic mass is 9.80. The van der Waals surface area contributed by atoms with E-state index in [9.17, 15) is 0 Å². The lowest BCUT2D eigenvalue weighted by molar-refractivity contribution is 0.0409. The van der Waals surface area contributed by atoms with Crippen LogP contribution in [0.5, 0.6) is 0 Å². The summed E-state index contributed by atoms with van der Waals surface area (Å²) in [6.45, 7) is 1.90. The van der Waals surface area contributed by atoms with Crippen LogP contribution in [0.1, 0.15) is 30.1 Å². The van der Waals surface area contributed by atoms with E-state index in [1.54, 1.807) is 0 Å². The third-order valence-corrected chi connectivity index (χ3v) is 4.57. The SMILES string of the molecule is NCC1(c2nc(Cc3ccc(Br)cc3)no2)CCOCC1. The zero-order valence-corrected chi connectivity index (χ0v) is 13.3. The molecule has 3 rings (SSSR count). The Hall–Kier alpha value is -1.24. The average molecular weight is 352 g/mol. The Morgan fingerprint density at radius 1 is 1.19 bits per heavy atom. The molecule has 21 heavy (non-hydrogen) atoms. The summed E-state index contributed by atoms with van der Waals surface area (Å²) in [6.07, 6.45) is 2.33. The Bertz CT molecular complexity index is 591. The molecule has 1 aliphatic rings. The third-order valence-electron chi connectivity index (χ3n) is 4.04. The number of rotatable bonds is 4. The Morgan fingerprint density at radius 3 is 2.57 bits per heavy atom. The molecule has 1 saturated heterocycles. The van der Waals surface area contributed by atoms with Crippen LogP contribution >= 0.6 is 15.9 Å². The summed E-state index contributed by atoms with van der Waals surface area (Å²) in [7, 11) is 0. The van der Waals surface area contributed by atoms with E-state index in [1.165, 1.54) is 0 Å². The minimum Gasteiger partial charge on any atom is -0.381 e. The summed E-state index contributed by atoms with van der Waals surface area (Å²) in [5.41, 5.74) is 6.89. The molecule has 0 spiro atoms. The normalized spacial score (nSPS) is 17.8. The van der Waals surface area contributed by atoms with Crippen molar-refractivity contribution in [2.24, 2.45) is 5.73 Å². The van der Waals surface area contributed by atoms with Crippen LogP contribution in [0.3, 0.4) is 0 Å². The number of nitrogens with two attached hydrogens (primary N) is 1. The van der Waals surface area contributed by atoms with Crippen LogP contribution in [-0.4, -0.2) is 29.9 Å². The van der Waals surface area contributed by atoms with E-state index < -0.39 is 0 Å². The van der Waals surface area contributed by atoms with Gasteiger partial charge in [0.1, 0.15) is 0 Å². The van der Waals surface area contributed by atoms with Gasteiger partial charge in [0.2, 0.25) is 5.89 Å². The molecule has 2 aromatic rings. The summed E-state index contributed by atoms with van der Waals surface area (Å²) in [4.78, 5) is 4.57. The van der Waals surface area contributed by atoms with E-state index in [4.69, 9.17) is 15.0 Å². The molecule has 112 valence electrons. The van der Waals surface area contributed by atoms with Gasteiger partial charge in [-0.2, -0.15) is 4.98 Å². The first-order valence-corrected chi connectivity index (χ1v) is 7.86. The van der Waals surface area contributed by atoms with Crippen molar-refractivity contribution >= 4 is 15.9 Å². The fraction of sp³-hybridized carbons (Fsp3) is 0.467. The molecule has 1 aromatic carbocycles. The monoisotopic (exact) mass is 351 g/mol. The molecule has 0 radical (unpaired) electrons. The Balaban J connectivity index is 1.77. The van der Waals surface area contributed by atoms with Gasteiger partial charge >= 0.3 is 0 Å². The molecule has 0 saturated carbocycles. The van der Waals surface area contributed by atoms with E-state index in [1.807, 2.05) is 24.3 Å². The summed E-state index contributed by atoms with van der Waals surface area (Å²) < 4.78 is 12.0. The Morgan fingerprint density at radius 2 is 1.90 bits per heavy atom. The fourth-order valence-corrected chi connectivity index (χ4v) is 2.86. The topological polar surface area (TPSA) is 74.2 Å². The van der Waals surface area contributed by atoms with Gasteiger partial charge in [0.25, 0.3) is 0 Å². The van der Waals surface area contributed by atoms with Crippen LogP contribution in [-0.2, 0) is 16.6 Å². The number of benzene rings is 1. The molecule has 2 heterocycles. The molecule has 0 amide bonds. The van der Waals surface area contributed by atoms with Crippen molar-refractivity contribution in [1.29, 1.82) is 0 Å². The van der Waals surface area contributed by atoms with Gasteiger partial charge in [-0.3, -0.25) is 0 Å². The Kier molecular flexibility index (Phi) is 4.37. The first kappa shape index (κ1) is 14.7. The summed E-state index contributed by atoms with van der Waals surface area (Å²) in [5, 5.41) is 4.11. The van der Waals surface area contributed by atoms with E-state index in [-0.39, 0.29) is 5.41 Å². The van der Waals surface area contributed by atoms with Crippen molar-refractivity contribution in [3.8, 4) is 0 Å². The van der Waals surface area contributed by atoms with Crippen LogP contribution in [0.2, 0.25) is 0 Å². The zero-order chi connectivity index (χ0) is 14.7. The highest BCUT2D eigenvalue weighted by Gasteiger charge is 2.38. The van der Waals surface area contributed by atoms with Gasteiger partial charge < -0.3 is 15.0 Å². The van der Waals surface area contributed by atoms with E-state index in [0.717, 1.165) is 22.9 Å².